The molecule has 1 heterocycles. The van der Waals surface area contributed by atoms with Crippen LogP contribution in [0.2, 0.25) is 0 Å². The minimum atomic E-state index is 0.218. The molecule has 1 N–H and O–H groups in total. The van der Waals surface area contributed by atoms with Crippen molar-refractivity contribution >= 4 is 11.0 Å². The second-order valence-corrected chi connectivity index (χ2v) is 7.40. The third-order valence-electron chi connectivity index (χ3n) is 5.06. The number of rotatable bonds is 10. The molecule has 0 fully saturated rings. The van der Waals surface area contributed by atoms with Crippen LogP contribution in [0.5, 0.6) is 5.75 Å². The molecule has 1 aromatic heterocycles. The van der Waals surface area contributed by atoms with E-state index in [9.17, 15) is 5.11 Å². The van der Waals surface area contributed by atoms with Crippen molar-refractivity contribution in [3.8, 4) is 11.4 Å². The monoisotopic (exact) mass is 365 g/mol. The standard InChI is InChI=1S/C23H31N3O/c1-3-5-6-7-8-9-11-19-13-15-23(27)22(17-19)26-24-20-14-12-18(10-4-2)16-21(20)25-26/h12-17,27H,3-11H2,1-2H3. The third-order valence-corrected chi connectivity index (χ3v) is 5.06. The summed E-state index contributed by atoms with van der Waals surface area (Å²) in [6.45, 7) is 4.42. The molecule has 0 unspecified atom stereocenters. The van der Waals surface area contributed by atoms with Gasteiger partial charge in [0, 0.05) is 0 Å². The van der Waals surface area contributed by atoms with Crippen LogP contribution >= 0.6 is 0 Å². The summed E-state index contributed by atoms with van der Waals surface area (Å²) in [5, 5.41) is 19.5. The highest BCUT2D eigenvalue weighted by molar-refractivity contribution is 5.75. The highest BCUT2D eigenvalue weighted by atomic mass is 16.3. The molecule has 0 saturated carbocycles. The van der Waals surface area contributed by atoms with E-state index in [2.05, 4.69) is 36.2 Å². The molecule has 3 rings (SSSR count). The van der Waals surface area contributed by atoms with E-state index < -0.39 is 0 Å². The molecule has 0 saturated heterocycles. The number of benzene rings is 2. The van der Waals surface area contributed by atoms with Crippen LogP contribution in [0.15, 0.2) is 36.4 Å². The summed E-state index contributed by atoms with van der Waals surface area (Å²) < 4.78 is 0. The summed E-state index contributed by atoms with van der Waals surface area (Å²) in [7, 11) is 0. The number of fused-ring (bicyclic) bond motifs is 1. The van der Waals surface area contributed by atoms with E-state index in [1.165, 1.54) is 49.7 Å². The predicted octanol–water partition coefficient (Wildman–Crippen LogP) is 5.98. The second-order valence-electron chi connectivity index (χ2n) is 7.40. The lowest BCUT2D eigenvalue weighted by molar-refractivity contribution is 0.467. The average molecular weight is 366 g/mol. The van der Waals surface area contributed by atoms with Gasteiger partial charge >= 0.3 is 0 Å². The number of hydrogen-bond acceptors (Lipinski definition) is 3. The van der Waals surface area contributed by atoms with Crippen LogP contribution in [0.25, 0.3) is 16.7 Å². The lowest BCUT2D eigenvalue weighted by Gasteiger charge is -2.07. The van der Waals surface area contributed by atoms with Gasteiger partial charge in [0.1, 0.15) is 22.5 Å². The maximum absolute atomic E-state index is 10.3. The van der Waals surface area contributed by atoms with Crippen LogP contribution in [-0.2, 0) is 12.8 Å². The summed E-state index contributed by atoms with van der Waals surface area (Å²) in [5.41, 5.74) is 4.90. The van der Waals surface area contributed by atoms with Crippen LogP contribution < -0.4 is 0 Å². The van der Waals surface area contributed by atoms with Gasteiger partial charge in [-0.05, 0) is 54.7 Å². The molecule has 4 nitrogen and oxygen atoms in total. The minimum absolute atomic E-state index is 0.218. The largest absolute Gasteiger partial charge is 0.506 e. The van der Waals surface area contributed by atoms with E-state index in [1.807, 2.05) is 18.2 Å². The van der Waals surface area contributed by atoms with E-state index in [4.69, 9.17) is 0 Å². The molecule has 0 aliphatic carbocycles. The summed E-state index contributed by atoms with van der Waals surface area (Å²) in [6.07, 6.45) is 10.9. The topological polar surface area (TPSA) is 50.9 Å². The molecular weight excluding hydrogens is 334 g/mol. The van der Waals surface area contributed by atoms with Crippen LogP contribution in [0.4, 0.5) is 0 Å². The Hall–Kier alpha value is -2.36. The number of nitrogens with zero attached hydrogens (tertiary/aromatic N) is 3. The van der Waals surface area contributed by atoms with Crippen molar-refractivity contribution in [2.75, 3.05) is 0 Å². The molecule has 0 aliphatic heterocycles. The molecule has 0 atom stereocenters. The predicted molar refractivity (Wildman–Crippen MR) is 112 cm³/mol. The summed E-state index contributed by atoms with van der Waals surface area (Å²) in [4.78, 5) is 1.57. The molecule has 144 valence electrons. The number of phenols is 1. The van der Waals surface area contributed by atoms with Gasteiger partial charge in [0.2, 0.25) is 0 Å². The van der Waals surface area contributed by atoms with Gasteiger partial charge in [0.25, 0.3) is 0 Å². The normalized spacial score (nSPS) is 11.3. The van der Waals surface area contributed by atoms with Gasteiger partial charge in [-0.3, -0.25) is 0 Å². The molecule has 4 heteroatoms. The average Bonchev–Trinajstić information content (AvgIpc) is 3.09. The van der Waals surface area contributed by atoms with Gasteiger partial charge in [0.15, 0.2) is 0 Å². The van der Waals surface area contributed by atoms with E-state index in [1.54, 1.807) is 10.9 Å². The van der Waals surface area contributed by atoms with E-state index >= 15 is 0 Å². The Kier molecular flexibility index (Phi) is 6.86. The number of unbranched alkanes of at least 4 members (excludes halogenated alkanes) is 5. The number of phenolic OH excluding ortho intramolecular Hbond substituents is 1. The van der Waals surface area contributed by atoms with E-state index in [-0.39, 0.29) is 5.75 Å². The third kappa shape index (κ3) is 5.09. The van der Waals surface area contributed by atoms with Crippen molar-refractivity contribution in [2.24, 2.45) is 0 Å². The molecule has 27 heavy (non-hydrogen) atoms. The highest BCUT2D eigenvalue weighted by Crippen LogP contribution is 2.24. The zero-order chi connectivity index (χ0) is 19.1. The first kappa shape index (κ1) is 19.4. The first-order valence-corrected chi connectivity index (χ1v) is 10.4. The number of aromatic nitrogens is 3. The lowest BCUT2D eigenvalue weighted by atomic mass is 10.0. The maximum Gasteiger partial charge on any atom is 0.143 e. The zero-order valence-corrected chi connectivity index (χ0v) is 16.6. The quantitative estimate of drug-likeness (QED) is 0.450. The van der Waals surface area contributed by atoms with Crippen molar-refractivity contribution in [1.82, 2.24) is 15.0 Å². The van der Waals surface area contributed by atoms with Crippen molar-refractivity contribution in [1.29, 1.82) is 0 Å². The van der Waals surface area contributed by atoms with Gasteiger partial charge in [-0.1, -0.05) is 64.5 Å². The van der Waals surface area contributed by atoms with E-state index in [0.717, 1.165) is 30.3 Å². The molecule has 0 bridgehead atoms. The molecule has 2 aromatic carbocycles. The fourth-order valence-electron chi connectivity index (χ4n) is 3.51. The molecule has 0 aliphatic rings. The van der Waals surface area contributed by atoms with Crippen LogP contribution in [-0.4, -0.2) is 20.1 Å². The molecule has 0 amide bonds. The van der Waals surface area contributed by atoms with Crippen LogP contribution in [0.1, 0.15) is 69.9 Å². The number of hydrogen-bond donors (Lipinski definition) is 1. The van der Waals surface area contributed by atoms with Crippen LogP contribution in [0, 0.1) is 0 Å². The van der Waals surface area contributed by atoms with Crippen molar-refractivity contribution in [3.63, 3.8) is 0 Å². The first-order valence-electron chi connectivity index (χ1n) is 10.4. The first-order chi connectivity index (χ1) is 13.2. The Bertz CT molecular complexity index is 869. The van der Waals surface area contributed by atoms with Gasteiger partial charge in [-0.15, -0.1) is 15.0 Å². The highest BCUT2D eigenvalue weighted by Gasteiger charge is 2.10. The summed E-state index contributed by atoms with van der Waals surface area (Å²) >= 11 is 0. The number of aryl methyl sites for hydroxylation is 2. The van der Waals surface area contributed by atoms with Gasteiger partial charge < -0.3 is 5.11 Å². The zero-order valence-electron chi connectivity index (χ0n) is 16.6. The van der Waals surface area contributed by atoms with Gasteiger partial charge in [-0.2, -0.15) is 0 Å². The molecule has 3 aromatic rings. The Morgan fingerprint density at radius 1 is 0.741 bits per heavy atom. The fourth-order valence-corrected chi connectivity index (χ4v) is 3.51. The van der Waals surface area contributed by atoms with Crippen LogP contribution in [0.3, 0.4) is 0 Å². The molecule has 0 spiro atoms. The summed E-state index contributed by atoms with van der Waals surface area (Å²) in [6, 6.07) is 12.0. The number of aromatic hydroxyl groups is 1. The van der Waals surface area contributed by atoms with E-state index in [0.29, 0.717) is 5.69 Å². The Morgan fingerprint density at radius 2 is 1.44 bits per heavy atom. The van der Waals surface area contributed by atoms with Gasteiger partial charge in [-0.25, -0.2) is 0 Å². The molecule has 0 radical (unpaired) electrons. The minimum Gasteiger partial charge on any atom is -0.506 e. The lowest BCUT2D eigenvalue weighted by Crippen LogP contribution is -2.00. The van der Waals surface area contributed by atoms with Gasteiger partial charge in [0.05, 0.1) is 0 Å². The smallest absolute Gasteiger partial charge is 0.143 e. The maximum atomic E-state index is 10.3. The van der Waals surface area contributed by atoms with Crippen molar-refractivity contribution in [2.45, 2.75) is 71.6 Å². The molecular formula is C23H31N3O. The Balaban J connectivity index is 1.73. The fraction of sp³-hybridized carbons (Fsp3) is 0.478. The Labute approximate surface area is 162 Å². The van der Waals surface area contributed by atoms with Crippen molar-refractivity contribution < 1.29 is 5.11 Å². The van der Waals surface area contributed by atoms with Crippen molar-refractivity contribution in [3.05, 3.63) is 47.5 Å². The second kappa shape index (κ2) is 9.54. The SMILES string of the molecule is CCCCCCCCc1ccc(O)c(-n2nc3ccc(CCC)cc3n2)c1. The Morgan fingerprint density at radius 3 is 2.26 bits per heavy atom. The summed E-state index contributed by atoms with van der Waals surface area (Å²) in [5.74, 6) is 0.218.